The van der Waals surface area contributed by atoms with Gasteiger partial charge in [-0.3, -0.25) is 9.79 Å². The number of guanidine groups is 1. The molecule has 2 aliphatic rings. The Balaban J connectivity index is 1.25. The zero-order chi connectivity index (χ0) is 21.7. The summed E-state index contributed by atoms with van der Waals surface area (Å²) in [6, 6.07) is 10.4. The highest BCUT2D eigenvalue weighted by Crippen LogP contribution is 2.17. The monoisotopic (exact) mass is 427 g/mol. The number of hydrogen-bond acceptors (Lipinski definition) is 3. The second-order valence-corrected chi connectivity index (χ2v) is 8.99. The van der Waals surface area contributed by atoms with Gasteiger partial charge in [-0.25, -0.2) is 0 Å². The maximum atomic E-state index is 12.4. The molecule has 0 saturated carbocycles. The van der Waals surface area contributed by atoms with Crippen LogP contribution in [-0.4, -0.2) is 74.5 Å². The SMILES string of the molecule is CN=C(NCCCCCN1CCCCC1)NCC1CC(=O)N(CCc2ccccc2)C1. The van der Waals surface area contributed by atoms with Crippen LogP contribution in [0.15, 0.2) is 35.3 Å². The maximum Gasteiger partial charge on any atom is 0.223 e. The number of nitrogens with zero attached hydrogens (tertiary/aromatic N) is 3. The minimum Gasteiger partial charge on any atom is -0.356 e. The van der Waals surface area contributed by atoms with Crippen molar-refractivity contribution < 1.29 is 4.79 Å². The molecule has 1 unspecified atom stereocenters. The van der Waals surface area contributed by atoms with Crippen LogP contribution < -0.4 is 10.6 Å². The number of piperidine rings is 1. The van der Waals surface area contributed by atoms with Gasteiger partial charge in [0.2, 0.25) is 5.91 Å². The standard InChI is InChI=1S/C25H41N5O/c1-26-25(27-14-7-3-8-15-29-16-9-4-10-17-29)28-20-23-19-24(31)30(21-23)18-13-22-11-5-2-6-12-22/h2,5-6,11-12,23H,3-4,7-10,13-21H2,1H3,(H2,26,27,28). The highest BCUT2D eigenvalue weighted by molar-refractivity contribution is 5.80. The first-order chi connectivity index (χ1) is 15.2. The number of carbonyl (C=O) groups is 1. The van der Waals surface area contributed by atoms with E-state index >= 15 is 0 Å². The quantitative estimate of drug-likeness (QED) is 0.324. The number of likely N-dealkylation sites (tertiary alicyclic amines) is 2. The molecule has 0 aliphatic carbocycles. The lowest BCUT2D eigenvalue weighted by molar-refractivity contribution is -0.127. The third-order valence-electron chi connectivity index (χ3n) is 6.48. The lowest BCUT2D eigenvalue weighted by Crippen LogP contribution is -2.40. The summed E-state index contributed by atoms with van der Waals surface area (Å²) >= 11 is 0. The van der Waals surface area contributed by atoms with Crippen molar-refractivity contribution in [1.29, 1.82) is 0 Å². The molecule has 6 nitrogen and oxygen atoms in total. The molecule has 6 heteroatoms. The second kappa shape index (κ2) is 13.4. The lowest BCUT2D eigenvalue weighted by Gasteiger charge is -2.26. The molecule has 1 aromatic carbocycles. The fraction of sp³-hybridized carbons (Fsp3) is 0.680. The van der Waals surface area contributed by atoms with Crippen LogP contribution in [0.1, 0.15) is 50.5 Å². The molecule has 3 rings (SSSR count). The number of aliphatic imine (C=N–C) groups is 1. The van der Waals surface area contributed by atoms with E-state index in [0.717, 1.165) is 38.6 Å². The van der Waals surface area contributed by atoms with Crippen LogP contribution in [0.2, 0.25) is 0 Å². The van der Waals surface area contributed by atoms with Crippen LogP contribution in [0.3, 0.4) is 0 Å². The summed E-state index contributed by atoms with van der Waals surface area (Å²) in [5, 5.41) is 6.85. The van der Waals surface area contributed by atoms with Crippen LogP contribution >= 0.6 is 0 Å². The normalized spacial score (nSPS) is 20.3. The van der Waals surface area contributed by atoms with Gasteiger partial charge in [0.1, 0.15) is 0 Å². The fourth-order valence-corrected chi connectivity index (χ4v) is 4.60. The predicted octanol–water partition coefficient (Wildman–Crippen LogP) is 2.90. The molecule has 1 atom stereocenters. The fourth-order valence-electron chi connectivity index (χ4n) is 4.60. The third kappa shape index (κ3) is 8.52. The Kier molecular flexibility index (Phi) is 10.2. The number of unbranched alkanes of at least 4 members (excludes halogenated alkanes) is 2. The molecule has 172 valence electrons. The van der Waals surface area contributed by atoms with Gasteiger partial charge in [-0.05, 0) is 57.3 Å². The smallest absolute Gasteiger partial charge is 0.223 e. The molecule has 2 N–H and O–H groups in total. The summed E-state index contributed by atoms with van der Waals surface area (Å²) in [4.78, 5) is 21.3. The van der Waals surface area contributed by atoms with Gasteiger partial charge in [-0.2, -0.15) is 0 Å². The Morgan fingerprint density at radius 1 is 1.03 bits per heavy atom. The molecule has 0 aromatic heterocycles. The van der Waals surface area contributed by atoms with Gasteiger partial charge in [0.05, 0.1) is 0 Å². The van der Waals surface area contributed by atoms with Crippen molar-refractivity contribution in [2.75, 3.05) is 52.9 Å². The van der Waals surface area contributed by atoms with E-state index in [1.54, 1.807) is 0 Å². The van der Waals surface area contributed by atoms with Crippen molar-refractivity contribution >= 4 is 11.9 Å². The Hall–Kier alpha value is -2.08. The summed E-state index contributed by atoms with van der Waals surface area (Å²) in [7, 11) is 1.82. The molecule has 31 heavy (non-hydrogen) atoms. The molecule has 0 bridgehead atoms. The van der Waals surface area contributed by atoms with E-state index < -0.39 is 0 Å². The van der Waals surface area contributed by atoms with Gasteiger partial charge in [0.25, 0.3) is 0 Å². The first-order valence-electron chi connectivity index (χ1n) is 12.2. The first kappa shape index (κ1) is 23.6. The van der Waals surface area contributed by atoms with Gasteiger partial charge < -0.3 is 20.4 Å². The average molecular weight is 428 g/mol. The van der Waals surface area contributed by atoms with Gasteiger partial charge in [-0.1, -0.05) is 43.2 Å². The van der Waals surface area contributed by atoms with Crippen LogP contribution in [0.25, 0.3) is 0 Å². The van der Waals surface area contributed by atoms with E-state index in [1.165, 1.54) is 63.7 Å². The molecular weight excluding hydrogens is 386 g/mol. The van der Waals surface area contributed by atoms with Crippen LogP contribution in [0.5, 0.6) is 0 Å². The van der Waals surface area contributed by atoms with Gasteiger partial charge in [-0.15, -0.1) is 0 Å². The Morgan fingerprint density at radius 2 is 1.84 bits per heavy atom. The summed E-state index contributed by atoms with van der Waals surface area (Å²) in [6.45, 7) is 7.23. The number of benzene rings is 1. The van der Waals surface area contributed by atoms with Crippen LogP contribution in [-0.2, 0) is 11.2 Å². The zero-order valence-electron chi connectivity index (χ0n) is 19.3. The van der Waals surface area contributed by atoms with Gasteiger partial charge in [0.15, 0.2) is 5.96 Å². The maximum absolute atomic E-state index is 12.4. The molecule has 2 saturated heterocycles. The third-order valence-corrected chi connectivity index (χ3v) is 6.48. The number of amides is 1. The first-order valence-corrected chi connectivity index (χ1v) is 12.2. The zero-order valence-corrected chi connectivity index (χ0v) is 19.3. The van der Waals surface area contributed by atoms with E-state index in [1.807, 2.05) is 18.0 Å². The molecular formula is C25H41N5O. The Bertz CT molecular complexity index is 672. The van der Waals surface area contributed by atoms with Crippen molar-refractivity contribution in [3.8, 4) is 0 Å². The van der Waals surface area contributed by atoms with Crippen molar-refractivity contribution in [2.24, 2.45) is 10.9 Å². The van der Waals surface area contributed by atoms with Crippen molar-refractivity contribution in [3.05, 3.63) is 35.9 Å². The van der Waals surface area contributed by atoms with Crippen LogP contribution in [0, 0.1) is 5.92 Å². The molecule has 2 fully saturated rings. The summed E-state index contributed by atoms with van der Waals surface area (Å²) in [5.41, 5.74) is 1.29. The van der Waals surface area contributed by atoms with E-state index in [9.17, 15) is 4.79 Å². The van der Waals surface area contributed by atoms with Crippen molar-refractivity contribution in [2.45, 2.75) is 51.4 Å². The van der Waals surface area contributed by atoms with E-state index in [4.69, 9.17) is 0 Å². The lowest BCUT2D eigenvalue weighted by atomic mass is 10.1. The van der Waals surface area contributed by atoms with E-state index in [-0.39, 0.29) is 5.91 Å². The molecule has 1 amide bonds. The Labute approximate surface area is 188 Å². The van der Waals surface area contributed by atoms with E-state index in [2.05, 4.69) is 44.8 Å². The second-order valence-electron chi connectivity index (χ2n) is 8.99. The topological polar surface area (TPSA) is 60.0 Å². The average Bonchev–Trinajstić information content (AvgIpc) is 3.17. The van der Waals surface area contributed by atoms with Gasteiger partial charge in [0, 0.05) is 45.6 Å². The molecule has 0 spiro atoms. The largest absolute Gasteiger partial charge is 0.356 e. The molecule has 0 radical (unpaired) electrons. The number of rotatable bonds is 11. The minimum absolute atomic E-state index is 0.277. The minimum atomic E-state index is 0.277. The Morgan fingerprint density at radius 3 is 2.61 bits per heavy atom. The number of nitrogens with one attached hydrogen (secondary N) is 2. The van der Waals surface area contributed by atoms with Crippen molar-refractivity contribution in [3.63, 3.8) is 0 Å². The van der Waals surface area contributed by atoms with Gasteiger partial charge >= 0.3 is 0 Å². The summed E-state index contributed by atoms with van der Waals surface area (Å²) in [5.74, 6) is 1.48. The van der Waals surface area contributed by atoms with Crippen LogP contribution in [0.4, 0.5) is 0 Å². The highest BCUT2D eigenvalue weighted by atomic mass is 16.2. The summed E-state index contributed by atoms with van der Waals surface area (Å²) in [6.07, 6.45) is 9.44. The molecule has 1 aromatic rings. The molecule has 2 aliphatic heterocycles. The molecule has 2 heterocycles. The number of carbonyl (C=O) groups excluding carboxylic acids is 1. The predicted molar refractivity (Wildman–Crippen MR) is 128 cm³/mol. The van der Waals surface area contributed by atoms with Crippen molar-refractivity contribution in [1.82, 2.24) is 20.4 Å². The van der Waals surface area contributed by atoms with E-state index in [0.29, 0.717) is 12.3 Å². The number of hydrogen-bond donors (Lipinski definition) is 2. The summed E-state index contributed by atoms with van der Waals surface area (Å²) < 4.78 is 0. The highest BCUT2D eigenvalue weighted by Gasteiger charge is 2.29.